The summed E-state index contributed by atoms with van der Waals surface area (Å²) in [4.78, 5) is 10.5. The van der Waals surface area contributed by atoms with Crippen LogP contribution in [-0.4, -0.2) is 26.9 Å². The Morgan fingerprint density at radius 1 is 1.06 bits per heavy atom. The second kappa shape index (κ2) is 4.25. The summed E-state index contributed by atoms with van der Waals surface area (Å²) >= 11 is 0. The Kier molecular flexibility index (Phi) is 2.45. The molecule has 0 spiro atoms. The van der Waals surface area contributed by atoms with Crippen molar-refractivity contribution in [2.75, 3.05) is 0 Å². The van der Waals surface area contributed by atoms with Crippen molar-refractivity contribution in [3.63, 3.8) is 0 Å². The van der Waals surface area contributed by atoms with Gasteiger partial charge in [0.2, 0.25) is 5.82 Å². The summed E-state index contributed by atoms with van der Waals surface area (Å²) in [7, 11) is 0. The number of hydrogen-bond acceptors (Lipinski definition) is 5. The monoisotopic (exact) mass is 240 g/mol. The number of carbonyl (C=O) groups is 1. The maximum atomic E-state index is 10.5. The predicted octanol–water partition coefficient (Wildman–Crippen LogP) is 1.94. The molecule has 0 aliphatic carbocycles. The first-order valence-electron chi connectivity index (χ1n) is 5.26. The van der Waals surface area contributed by atoms with E-state index in [0.29, 0.717) is 23.6 Å². The third kappa shape index (κ3) is 1.80. The van der Waals surface area contributed by atoms with Gasteiger partial charge in [-0.2, -0.15) is 5.21 Å². The van der Waals surface area contributed by atoms with Crippen molar-refractivity contribution in [3.05, 3.63) is 42.2 Å². The van der Waals surface area contributed by atoms with E-state index < -0.39 is 0 Å². The summed E-state index contributed by atoms with van der Waals surface area (Å²) in [6.07, 6.45) is 0.678. The third-order valence-electron chi connectivity index (χ3n) is 2.52. The molecule has 0 aliphatic rings. The molecule has 0 amide bonds. The van der Waals surface area contributed by atoms with Gasteiger partial charge in [0.05, 0.1) is 0 Å². The number of nitrogens with zero attached hydrogens (tertiary/aromatic N) is 3. The van der Waals surface area contributed by atoms with Gasteiger partial charge in [-0.15, -0.1) is 10.2 Å². The van der Waals surface area contributed by atoms with E-state index >= 15 is 0 Å². The molecule has 3 aromatic rings. The Balaban J connectivity index is 1.93. The van der Waals surface area contributed by atoms with Gasteiger partial charge in [-0.1, -0.05) is 24.3 Å². The number of rotatable bonds is 3. The molecular formula is C12H8N4O2. The van der Waals surface area contributed by atoms with Crippen LogP contribution in [0.25, 0.3) is 22.7 Å². The number of carbonyl (C=O) groups excluding carboxylic acids is 1. The first kappa shape index (κ1) is 10.4. The minimum Gasteiger partial charge on any atom is -0.453 e. The van der Waals surface area contributed by atoms with Gasteiger partial charge in [0, 0.05) is 11.1 Å². The van der Waals surface area contributed by atoms with Crippen molar-refractivity contribution in [3.8, 4) is 22.7 Å². The molecular weight excluding hydrogens is 232 g/mol. The fourth-order valence-electron chi connectivity index (χ4n) is 1.64. The van der Waals surface area contributed by atoms with Gasteiger partial charge in [-0.25, -0.2) is 0 Å². The van der Waals surface area contributed by atoms with E-state index in [2.05, 4.69) is 20.6 Å². The molecule has 6 nitrogen and oxygen atoms in total. The second-order valence-corrected chi connectivity index (χ2v) is 3.63. The van der Waals surface area contributed by atoms with E-state index in [1.54, 1.807) is 12.1 Å². The summed E-state index contributed by atoms with van der Waals surface area (Å²) in [6.45, 7) is 0. The number of H-pyrrole nitrogens is 1. The quantitative estimate of drug-likeness (QED) is 0.707. The smallest absolute Gasteiger partial charge is 0.204 e. The van der Waals surface area contributed by atoms with Gasteiger partial charge in [0.1, 0.15) is 5.76 Å². The van der Waals surface area contributed by atoms with Crippen LogP contribution in [0.1, 0.15) is 10.6 Å². The Hall–Kier alpha value is -2.76. The highest BCUT2D eigenvalue weighted by molar-refractivity contribution is 5.73. The Morgan fingerprint density at radius 3 is 2.44 bits per heavy atom. The van der Waals surface area contributed by atoms with Gasteiger partial charge in [-0.05, 0) is 17.3 Å². The van der Waals surface area contributed by atoms with Crippen molar-refractivity contribution in [2.24, 2.45) is 0 Å². The summed E-state index contributed by atoms with van der Waals surface area (Å²) in [5.41, 5.74) is 1.74. The second-order valence-electron chi connectivity index (χ2n) is 3.63. The molecule has 0 radical (unpaired) electrons. The van der Waals surface area contributed by atoms with Gasteiger partial charge in [0.25, 0.3) is 0 Å². The summed E-state index contributed by atoms with van der Waals surface area (Å²) < 4.78 is 5.33. The van der Waals surface area contributed by atoms with Crippen LogP contribution in [0.2, 0.25) is 0 Å². The van der Waals surface area contributed by atoms with Crippen LogP contribution < -0.4 is 0 Å². The zero-order valence-electron chi connectivity index (χ0n) is 9.20. The van der Waals surface area contributed by atoms with Gasteiger partial charge < -0.3 is 4.42 Å². The molecule has 0 atom stereocenters. The molecule has 0 aliphatic heterocycles. The van der Waals surface area contributed by atoms with Crippen molar-refractivity contribution < 1.29 is 9.21 Å². The zero-order chi connectivity index (χ0) is 12.4. The van der Waals surface area contributed by atoms with Crippen LogP contribution in [0.4, 0.5) is 0 Å². The summed E-state index contributed by atoms with van der Waals surface area (Å²) in [6, 6.07) is 10.9. The summed E-state index contributed by atoms with van der Waals surface area (Å²) in [5.74, 6) is 1.50. The van der Waals surface area contributed by atoms with Gasteiger partial charge >= 0.3 is 0 Å². The molecule has 0 saturated carbocycles. The average Bonchev–Trinajstić information content (AvgIpc) is 3.10. The standard InChI is InChI=1S/C12H8N4O2/c17-7-10-5-6-11(18-10)8-1-3-9(4-2-8)12-13-15-16-14-12/h1-7H,(H,13,14,15,16). The third-order valence-corrected chi connectivity index (χ3v) is 2.52. The van der Waals surface area contributed by atoms with Crippen LogP contribution in [0.15, 0.2) is 40.8 Å². The van der Waals surface area contributed by atoms with Crippen LogP contribution >= 0.6 is 0 Å². The Labute approximate surface area is 102 Å². The SMILES string of the molecule is O=Cc1ccc(-c2ccc(-c3nn[nH]n3)cc2)o1. The fraction of sp³-hybridized carbons (Fsp3) is 0. The average molecular weight is 240 g/mol. The first-order chi connectivity index (χ1) is 8.86. The van der Waals surface area contributed by atoms with Gasteiger partial charge in [-0.3, -0.25) is 4.79 Å². The Bertz CT molecular complexity index is 656. The molecule has 18 heavy (non-hydrogen) atoms. The fourth-order valence-corrected chi connectivity index (χ4v) is 1.64. The van der Waals surface area contributed by atoms with Crippen LogP contribution in [0.5, 0.6) is 0 Å². The highest BCUT2D eigenvalue weighted by Crippen LogP contribution is 2.24. The van der Waals surface area contributed by atoms with E-state index in [1.807, 2.05) is 24.3 Å². The molecule has 0 fully saturated rings. The topological polar surface area (TPSA) is 84.7 Å². The van der Waals surface area contributed by atoms with E-state index in [4.69, 9.17) is 4.42 Å². The van der Waals surface area contributed by atoms with Crippen LogP contribution in [0.3, 0.4) is 0 Å². The van der Waals surface area contributed by atoms with E-state index in [1.165, 1.54) is 0 Å². The molecule has 1 aromatic carbocycles. The highest BCUT2D eigenvalue weighted by atomic mass is 16.3. The lowest BCUT2D eigenvalue weighted by atomic mass is 10.1. The molecule has 0 bridgehead atoms. The maximum absolute atomic E-state index is 10.5. The lowest BCUT2D eigenvalue weighted by molar-refractivity contribution is 0.110. The number of furan rings is 1. The van der Waals surface area contributed by atoms with E-state index in [9.17, 15) is 4.79 Å². The lowest BCUT2D eigenvalue weighted by Gasteiger charge is -1.98. The maximum Gasteiger partial charge on any atom is 0.204 e. The summed E-state index contributed by atoms with van der Waals surface area (Å²) in [5, 5.41) is 13.7. The van der Waals surface area contributed by atoms with Crippen molar-refractivity contribution >= 4 is 6.29 Å². The first-order valence-corrected chi connectivity index (χ1v) is 5.26. The largest absolute Gasteiger partial charge is 0.453 e. The normalized spacial score (nSPS) is 10.4. The van der Waals surface area contributed by atoms with Gasteiger partial charge in [0.15, 0.2) is 12.0 Å². The predicted molar refractivity (Wildman–Crippen MR) is 62.7 cm³/mol. The molecule has 2 heterocycles. The van der Waals surface area contributed by atoms with Crippen molar-refractivity contribution in [1.29, 1.82) is 0 Å². The molecule has 6 heteroatoms. The number of aldehydes is 1. The Morgan fingerprint density at radius 2 is 1.83 bits per heavy atom. The van der Waals surface area contributed by atoms with Crippen LogP contribution in [0, 0.1) is 0 Å². The number of nitrogens with one attached hydrogen (secondary N) is 1. The number of tetrazole rings is 1. The number of benzene rings is 1. The highest BCUT2D eigenvalue weighted by Gasteiger charge is 2.06. The number of aromatic amines is 1. The number of hydrogen-bond donors (Lipinski definition) is 1. The van der Waals surface area contributed by atoms with Crippen molar-refractivity contribution in [2.45, 2.75) is 0 Å². The molecule has 88 valence electrons. The molecule has 2 aromatic heterocycles. The van der Waals surface area contributed by atoms with E-state index in [0.717, 1.165) is 11.1 Å². The van der Waals surface area contributed by atoms with E-state index in [-0.39, 0.29) is 0 Å². The molecule has 0 unspecified atom stereocenters. The zero-order valence-corrected chi connectivity index (χ0v) is 9.20. The number of aromatic nitrogens is 4. The minimum absolute atomic E-state index is 0.312. The molecule has 3 rings (SSSR count). The van der Waals surface area contributed by atoms with Crippen molar-refractivity contribution in [1.82, 2.24) is 20.6 Å². The van der Waals surface area contributed by atoms with Crippen LogP contribution in [-0.2, 0) is 0 Å². The molecule has 0 saturated heterocycles. The molecule has 1 N–H and O–H groups in total. The lowest BCUT2D eigenvalue weighted by Crippen LogP contribution is -1.81. The minimum atomic E-state index is 0.312.